The summed E-state index contributed by atoms with van der Waals surface area (Å²) >= 11 is 0. The summed E-state index contributed by atoms with van der Waals surface area (Å²) < 4.78 is 0. The van der Waals surface area contributed by atoms with Gasteiger partial charge in [-0.2, -0.15) is 0 Å². The molecular weight excluding hydrogens is 284 g/mol. The van der Waals surface area contributed by atoms with Crippen molar-refractivity contribution in [3.05, 3.63) is 0 Å². The van der Waals surface area contributed by atoms with Crippen molar-refractivity contribution in [3.63, 3.8) is 0 Å². The lowest BCUT2D eigenvalue weighted by atomic mass is 9.89. The minimum Gasteiger partial charge on any atom is -0.343 e. The van der Waals surface area contributed by atoms with Gasteiger partial charge >= 0.3 is 0 Å². The zero-order chi connectivity index (χ0) is 13.9. The average molecular weight is 315 g/mol. The van der Waals surface area contributed by atoms with Crippen molar-refractivity contribution < 1.29 is 4.79 Å². The second-order valence-corrected chi connectivity index (χ2v) is 7.27. The molecule has 0 aromatic rings. The summed E-state index contributed by atoms with van der Waals surface area (Å²) in [6.45, 7) is 4.30. The minimum atomic E-state index is 0. The van der Waals surface area contributed by atoms with E-state index in [0.29, 0.717) is 23.9 Å². The molecule has 1 N–H and O–H groups in total. The van der Waals surface area contributed by atoms with Gasteiger partial charge in [-0.1, -0.05) is 13.3 Å². The molecule has 0 aromatic heterocycles. The van der Waals surface area contributed by atoms with Crippen molar-refractivity contribution in [3.8, 4) is 0 Å². The van der Waals surface area contributed by atoms with E-state index in [-0.39, 0.29) is 12.4 Å². The highest BCUT2D eigenvalue weighted by Crippen LogP contribution is 2.33. The Morgan fingerprint density at radius 3 is 2.43 bits per heavy atom. The smallest absolute Gasteiger partial charge is 0.222 e. The van der Waals surface area contributed by atoms with E-state index in [4.69, 9.17) is 0 Å². The molecule has 3 heterocycles. The summed E-state index contributed by atoms with van der Waals surface area (Å²) in [5.74, 6) is 1.93. The first-order valence-electron chi connectivity index (χ1n) is 8.78. The number of carbonyl (C=O) groups is 1. The van der Waals surface area contributed by atoms with E-state index in [1.165, 1.54) is 51.4 Å². The van der Waals surface area contributed by atoms with Crippen LogP contribution >= 0.6 is 12.4 Å². The van der Waals surface area contributed by atoms with Crippen molar-refractivity contribution in [1.82, 2.24) is 10.2 Å². The maximum atomic E-state index is 12.6. The van der Waals surface area contributed by atoms with Crippen LogP contribution in [0.5, 0.6) is 0 Å². The fraction of sp³-hybridized carbons (Fsp3) is 0.941. The number of fused-ring (bicyclic) bond motifs is 2. The van der Waals surface area contributed by atoms with Crippen molar-refractivity contribution in [2.24, 2.45) is 11.8 Å². The van der Waals surface area contributed by atoms with Crippen LogP contribution in [0.3, 0.4) is 0 Å². The average Bonchev–Trinajstić information content (AvgIpc) is 2.67. The van der Waals surface area contributed by atoms with Gasteiger partial charge in [-0.25, -0.2) is 0 Å². The van der Waals surface area contributed by atoms with Crippen molar-refractivity contribution >= 4 is 18.3 Å². The van der Waals surface area contributed by atoms with Gasteiger partial charge < -0.3 is 10.2 Å². The molecule has 3 aliphatic rings. The monoisotopic (exact) mass is 314 g/mol. The Labute approximate surface area is 135 Å². The van der Waals surface area contributed by atoms with Crippen LogP contribution in [-0.2, 0) is 4.79 Å². The van der Waals surface area contributed by atoms with Gasteiger partial charge in [0.05, 0.1) is 0 Å². The van der Waals surface area contributed by atoms with Crippen LogP contribution in [0, 0.1) is 11.8 Å². The number of carbonyl (C=O) groups excluding carboxylic acids is 1. The Balaban J connectivity index is 0.00000161. The quantitative estimate of drug-likeness (QED) is 0.866. The summed E-state index contributed by atoms with van der Waals surface area (Å²) in [6.07, 6.45) is 11.0. The zero-order valence-corrected chi connectivity index (χ0v) is 14.2. The highest BCUT2D eigenvalue weighted by molar-refractivity contribution is 5.85. The number of amides is 1. The molecule has 2 bridgehead atoms. The molecule has 3 aliphatic heterocycles. The van der Waals surface area contributed by atoms with Crippen LogP contribution in [0.25, 0.3) is 0 Å². The number of nitrogens with one attached hydrogen (secondary N) is 1. The lowest BCUT2D eigenvalue weighted by Gasteiger charge is -2.30. The zero-order valence-electron chi connectivity index (χ0n) is 13.4. The first kappa shape index (κ1) is 17.1. The molecule has 3 atom stereocenters. The molecule has 0 aromatic carbocycles. The molecular formula is C17H31ClN2O. The molecule has 0 radical (unpaired) electrons. The first-order chi connectivity index (χ1) is 9.74. The van der Waals surface area contributed by atoms with Crippen LogP contribution in [0.2, 0.25) is 0 Å². The summed E-state index contributed by atoms with van der Waals surface area (Å²) in [5, 5.41) is 3.67. The lowest BCUT2D eigenvalue weighted by Crippen LogP contribution is -2.40. The Bertz CT molecular complexity index is 338. The predicted octanol–water partition coefficient (Wildman–Crippen LogP) is 3.37. The number of hydrogen-bond donors (Lipinski definition) is 1. The predicted molar refractivity (Wildman–Crippen MR) is 88.7 cm³/mol. The molecule has 3 saturated heterocycles. The highest BCUT2D eigenvalue weighted by Gasteiger charge is 2.34. The van der Waals surface area contributed by atoms with E-state index < -0.39 is 0 Å². The molecule has 3 fully saturated rings. The molecule has 3 unspecified atom stereocenters. The third kappa shape index (κ3) is 4.35. The molecule has 4 heteroatoms. The molecule has 21 heavy (non-hydrogen) atoms. The van der Waals surface area contributed by atoms with Gasteiger partial charge in [0.15, 0.2) is 0 Å². The fourth-order valence-electron chi connectivity index (χ4n) is 4.54. The van der Waals surface area contributed by atoms with E-state index in [1.54, 1.807) is 0 Å². The maximum Gasteiger partial charge on any atom is 0.222 e. The number of likely N-dealkylation sites (tertiary alicyclic amines) is 1. The summed E-state index contributed by atoms with van der Waals surface area (Å²) in [4.78, 5) is 14.7. The van der Waals surface area contributed by atoms with E-state index in [2.05, 4.69) is 17.1 Å². The number of rotatable bonds is 3. The van der Waals surface area contributed by atoms with Crippen molar-refractivity contribution in [2.75, 3.05) is 13.1 Å². The lowest BCUT2D eigenvalue weighted by molar-refractivity contribution is -0.132. The fourth-order valence-corrected chi connectivity index (χ4v) is 4.54. The van der Waals surface area contributed by atoms with Gasteiger partial charge in [0, 0.05) is 31.6 Å². The van der Waals surface area contributed by atoms with Crippen LogP contribution in [0.15, 0.2) is 0 Å². The van der Waals surface area contributed by atoms with Crippen LogP contribution in [0.1, 0.15) is 64.7 Å². The molecule has 3 rings (SSSR count). The van der Waals surface area contributed by atoms with Gasteiger partial charge in [0.1, 0.15) is 0 Å². The number of piperidine rings is 1. The van der Waals surface area contributed by atoms with Crippen LogP contribution < -0.4 is 5.32 Å². The van der Waals surface area contributed by atoms with E-state index in [9.17, 15) is 4.79 Å². The molecule has 0 spiro atoms. The van der Waals surface area contributed by atoms with Crippen LogP contribution in [0.4, 0.5) is 0 Å². The van der Waals surface area contributed by atoms with Crippen molar-refractivity contribution in [1.29, 1.82) is 0 Å². The number of halogens is 1. The Hall–Kier alpha value is -0.280. The standard InChI is InChI=1S/C17H30N2O.ClH/c1-2-13-4-3-8-19(9-7-13)17(20)12-14-10-15-5-6-16(11-14)18-15;/h13-16,18H,2-12H2,1H3;1H. The van der Waals surface area contributed by atoms with Gasteiger partial charge in [-0.3, -0.25) is 4.79 Å². The summed E-state index contributed by atoms with van der Waals surface area (Å²) in [6, 6.07) is 1.42. The molecule has 1 amide bonds. The Morgan fingerprint density at radius 2 is 1.76 bits per heavy atom. The summed E-state index contributed by atoms with van der Waals surface area (Å²) in [5.41, 5.74) is 0. The van der Waals surface area contributed by atoms with Gasteiger partial charge in [0.25, 0.3) is 0 Å². The third-order valence-corrected chi connectivity index (χ3v) is 5.81. The largest absolute Gasteiger partial charge is 0.343 e. The molecule has 0 saturated carbocycles. The molecule has 122 valence electrons. The van der Waals surface area contributed by atoms with Gasteiger partial charge in [-0.05, 0) is 56.8 Å². The van der Waals surface area contributed by atoms with Crippen LogP contribution in [-0.4, -0.2) is 36.0 Å². The minimum absolute atomic E-state index is 0. The maximum absolute atomic E-state index is 12.6. The summed E-state index contributed by atoms with van der Waals surface area (Å²) in [7, 11) is 0. The van der Waals surface area contributed by atoms with E-state index in [1.807, 2.05) is 0 Å². The Morgan fingerprint density at radius 1 is 1.05 bits per heavy atom. The SMILES string of the molecule is CCC1CCCN(C(=O)CC2CC3CCC(C2)N3)CC1.Cl. The third-order valence-electron chi connectivity index (χ3n) is 5.81. The van der Waals surface area contributed by atoms with E-state index in [0.717, 1.165) is 25.4 Å². The molecule has 3 nitrogen and oxygen atoms in total. The van der Waals surface area contributed by atoms with Gasteiger partial charge in [0.2, 0.25) is 5.91 Å². The number of nitrogens with zero attached hydrogens (tertiary/aromatic N) is 1. The topological polar surface area (TPSA) is 32.3 Å². The Kier molecular flexibility index (Phi) is 6.36. The second-order valence-electron chi connectivity index (χ2n) is 7.27. The first-order valence-corrected chi connectivity index (χ1v) is 8.78. The second kappa shape index (κ2) is 7.82. The molecule has 0 aliphatic carbocycles. The highest BCUT2D eigenvalue weighted by atomic mass is 35.5. The van der Waals surface area contributed by atoms with Gasteiger partial charge in [-0.15, -0.1) is 12.4 Å². The number of hydrogen-bond acceptors (Lipinski definition) is 2. The normalized spacial score (nSPS) is 36.0. The van der Waals surface area contributed by atoms with E-state index >= 15 is 0 Å². The van der Waals surface area contributed by atoms with Crippen molar-refractivity contribution in [2.45, 2.75) is 76.8 Å².